The van der Waals surface area contributed by atoms with Gasteiger partial charge in [0.05, 0.1) is 13.2 Å². The van der Waals surface area contributed by atoms with Gasteiger partial charge in [-0.05, 0) is 51.4 Å². The largest absolute Gasteiger partial charge is 0.472 e. The number of hydrogen-bond acceptors (Lipinski definition) is 8. The quantitative estimate of drug-likeness (QED) is 0.0264. The van der Waals surface area contributed by atoms with Gasteiger partial charge in [-0.2, -0.15) is 0 Å². The van der Waals surface area contributed by atoms with Gasteiger partial charge < -0.3 is 20.1 Å². The first-order chi connectivity index (χ1) is 33.3. The minimum Gasteiger partial charge on any atom is -0.462 e. The molecule has 0 saturated carbocycles. The molecule has 3 N–H and O–H groups in total. The first kappa shape index (κ1) is 66.2. The van der Waals surface area contributed by atoms with E-state index >= 15 is 0 Å². The molecule has 0 bridgehead atoms. The molecule has 0 aliphatic rings. The number of nitrogens with two attached hydrogens (primary N) is 1. The van der Waals surface area contributed by atoms with Crippen LogP contribution in [-0.4, -0.2) is 49.3 Å². The van der Waals surface area contributed by atoms with Crippen LogP contribution in [0.5, 0.6) is 0 Å². The van der Waals surface area contributed by atoms with Crippen molar-refractivity contribution in [3.05, 3.63) is 36.5 Å². The van der Waals surface area contributed by atoms with E-state index in [0.717, 1.165) is 44.9 Å². The Hall–Kier alpha value is -1.77. The molecule has 0 heterocycles. The first-order valence-corrected chi connectivity index (χ1v) is 30.5. The zero-order valence-electron chi connectivity index (χ0n) is 44.6. The van der Waals surface area contributed by atoms with Crippen LogP contribution in [0.4, 0.5) is 0 Å². The number of ether oxygens (including phenoxy) is 2. The number of phosphoric acid groups is 1. The lowest BCUT2D eigenvalue weighted by Crippen LogP contribution is -2.29. The molecule has 68 heavy (non-hydrogen) atoms. The van der Waals surface area contributed by atoms with Gasteiger partial charge >= 0.3 is 19.8 Å². The highest BCUT2D eigenvalue weighted by Gasteiger charge is 2.26. The molecule has 10 heteroatoms. The number of unbranched alkanes of at least 4 members (excludes halogenated alkanes) is 36. The van der Waals surface area contributed by atoms with Crippen LogP contribution in [0.25, 0.3) is 0 Å². The molecule has 0 aromatic carbocycles. The predicted octanol–water partition coefficient (Wildman–Crippen LogP) is 18.0. The standard InChI is InChI=1S/C58H110NO8P/c1-3-5-7-9-11-13-14-15-16-17-18-19-20-21-22-23-24-25-26-27-28-29-30-31-32-33-34-35-36-37-38-39-40-41-42-43-45-47-49-51-58(61)67-56(55-66-68(62,63)65-53-52-59)54-64-57(60)50-48-46-44-12-10-8-6-4-2/h14-15,17-18,20-21,56H,3-13,16,19,22-55,59H2,1-2H3,(H,62,63)/b15-14-,18-17-,21-20-. The summed E-state index contributed by atoms with van der Waals surface area (Å²) in [7, 11) is -4.37. The molecule has 0 spiro atoms. The van der Waals surface area contributed by atoms with Crippen LogP contribution < -0.4 is 5.73 Å². The highest BCUT2D eigenvalue weighted by atomic mass is 31.2. The Kier molecular flexibility index (Phi) is 53.1. The molecule has 0 saturated heterocycles. The summed E-state index contributed by atoms with van der Waals surface area (Å²) >= 11 is 0. The Morgan fingerprint density at radius 3 is 1.13 bits per heavy atom. The zero-order chi connectivity index (χ0) is 49.5. The lowest BCUT2D eigenvalue weighted by atomic mass is 10.0. The van der Waals surface area contributed by atoms with Crippen molar-refractivity contribution >= 4 is 19.8 Å². The maximum absolute atomic E-state index is 12.6. The molecule has 0 radical (unpaired) electrons. The Balaban J connectivity index is 3.68. The third kappa shape index (κ3) is 53.6. The number of carbonyl (C=O) groups excluding carboxylic acids is 2. The minimum absolute atomic E-state index is 0.0561. The molecule has 2 unspecified atom stereocenters. The van der Waals surface area contributed by atoms with Crippen LogP contribution in [0.2, 0.25) is 0 Å². The molecular weight excluding hydrogens is 870 g/mol. The fourth-order valence-corrected chi connectivity index (χ4v) is 9.23. The predicted molar refractivity (Wildman–Crippen MR) is 289 cm³/mol. The SMILES string of the molecule is CCCCCCC/C=C\C/C=C\C/C=C\CCCCCCCCCCCCCCCCCCCCCCCCCCC(=O)OC(COC(=O)CCCCCCCCCC)COP(=O)(O)OCCN. The topological polar surface area (TPSA) is 134 Å². The highest BCUT2D eigenvalue weighted by Crippen LogP contribution is 2.43. The lowest BCUT2D eigenvalue weighted by Gasteiger charge is -2.19. The fraction of sp³-hybridized carbons (Fsp3) is 0.862. The van der Waals surface area contributed by atoms with E-state index in [0.29, 0.717) is 6.42 Å². The second-order valence-corrected chi connectivity index (χ2v) is 21.0. The highest BCUT2D eigenvalue weighted by molar-refractivity contribution is 7.47. The van der Waals surface area contributed by atoms with E-state index in [9.17, 15) is 19.0 Å². The van der Waals surface area contributed by atoms with Crippen LogP contribution in [-0.2, 0) is 32.7 Å². The van der Waals surface area contributed by atoms with Gasteiger partial charge in [-0.15, -0.1) is 0 Å². The minimum atomic E-state index is -4.37. The van der Waals surface area contributed by atoms with Crippen molar-refractivity contribution in [2.45, 2.75) is 296 Å². The summed E-state index contributed by atoms with van der Waals surface area (Å²) in [5.41, 5.74) is 5.36. The maximum atomic E-state index is 12.6. The average molecular weight is 980 g/mol. The van der Waals surface area contributed by atoms with Gasteiger partial charge in [0, 0.05) is 19.4 Å². The molecule has 0 rings (SSSR count). The zero-order valence-corrected chi connectivity index (χ0v) is 45.5. The second kappa shape index (κ2) is 54.6. The van der Waals surface area contributed by atoms with Crippen molar-refractivity contribution in [2.75, 3.05) is 26.4 Å². The summed E-state index contributed by atoms with van der Waals surface area (Å²) in [5.74, 6) is -0.820. The Bertz CT molecular complexity index is 1210. The maximum Gasteiger partial charge on any atom is 0.472 e. The van der Waals surface area contributed by atoms with Gasteiger partial charge in [0.15, 0.2) is 6.10 Å². The number of esters is 2. The normalized spacial score (nSPS) is 13.3. The van der Waals surface area contributed by atoms with E-state index in [4.69, 9.17) is 24.3 Å². The van der Waals surface area contributed by atoms with Crippen molar-refractivity contribution in [1.82, 2.24) is 0 Å². The summed E-state index contributed by atoms with van der Waals surface area (Å²) in [6.07, 6.45) is 65.4. The van der Waals surface area contributed by atoms with Crippen LogP contribution in [0, 0.1) is 0 Å². The van der Waals surface area contributed by atoms with Crippen molar-refractivity contribution in [3.8, 4) is 0 Å². The number of hydrogen-bond donors (Lipinski definition) is 2. The van der Waals surface area contributed by atoms with Crippen molar-refractivity contribution < 1.29 is 37.6 Å². The summed E-state index contributed by atoms with van der Waals surface area (Å²) < 4.78 is 32.8. The first-order valence-electron chi connectivity index (χ1n) is 29.0. The molecule has 9 nitrogen and oxygen atoms in total. The van der Waals surface area contributed by atoms with Gasteiger partial charge in [-0.1, -0.05) is 262 Å². The number of rotatable bonds is 55. The molecule has 400 valence electrons. The Labute approximate surface area is 420 Å². The third-order valence-electron chi connectivity index (χ3n) is 12.8. The van der Waals surface area contributed by atoms with E-state index in [1.54, 1.807) is 0 Å². The number of phosphoric ester groups is 1. The summed E-state index contributed by atoms with van der Waals surface area (Å²) in [5, 5.41) is 0. The van der Waals surface area contributed by atoms with E-state index in [2.05, 4.69) is 50.3 Å². The van der Waals surface area contributed by atoms with Gasteiger partial charge in [0.25, 0.3) is 0 Å². The monoisotopic (exact) mass is 980 g/mol. The van der Waals surface area contributed by atoms with E-state index in [1.165, 1.54) is 212 Å². The van der Waals surface area contributed by atoms with E-state index < -0.39 is 26.5 Å². The lowest BCUT2D eigenvalue weighted by molar-refractivity contribution is -0.161. The van der Waals surface area contributed by atoms with Crippen molar-refractivity contribution in [2.24, 2.45) is 5.73 Å². The molecule has 0 amide bonds. The van der Waals surface area contributed by atoms with E-state index in [-0.39, 0.29) is 38.6 Å². The summed E-state index contributed by atoms with van der Waals surface area (Å²) in [4.78, 5) is 34.9. The van der Waals surface area contributed by atoms with Crippen LogP contribution in [0.3, 0.4) is 0 Å². The molecule has 0 aliphatic heterocycles. The fourth-order valence-electron chi connectivity index (χ4n) is 8.47. The molecule has 0 fully saturated rings. The molecular formula is C58H110NO8P. The van der Waals surface area contributed by atoms with Crippen molar-refractivity contribution in [3.63, 3.8) is 0 Å². The molecule has 2 atom stereocenters. The molecule has 0 aliphatic carbocycles. The van der Waals surface area contributed by atoms with Gasteiger partial charge in [0.1, 0.15) is 6.61 Å². The summed E-state index contributed by atoms with van der Waals surface area (Å²) in [6.45, 7) is 3.72. The van der Waals surface area contributed by atoms with Gasteiger partial charge in [-0.3, -0.25) is 18.6 Å². The molecule has 0 aromatic rings. The van der Waals surface area contributed by atoms with Crippen LogP contribution in [0.15, 0.2) is 36.5 Å². The number of carbonyl (C=O) groups is 2. The van der Waals surface area contributed by atoms with Gasteiger partial charge in [-0.25, -0.2) is 4.57 Å². The van der Waals surface area contributed by atoms with Crippen LogP contribution >= 0.6 is 7.82 Å². The van der Waals surface area contributed by atoms with E-state index in [1.807, 2.05) is 0 Å². The van der Waals surface area contributed by atoms with Gasteiger partial charge in [0.2, 0.25) is 0 Å². The smallest absolute Gasteiger partial charge is 0.462 e. The average Bonchev–Trinajstić information content (AvgIpc) is 3.33. The Morgan fingerprint density at radius 1 is 0.441 bits per heavy atom. The Morgan fingerprint density at radius 2 is 0.765 bits per heavy atom. The molecule has 0 aromatic heterocycles. The summed E-state index contributed by atoms with van der Waals surface area (Å²) in [6, 6.07) is 0. The van der Waals surface area contributed by atoms with Crippen LogP contribution in [0.1, 0.15) is 290 Å². The second-order valence-electron chi connectivity index (χ2n) is 19.5. The number of allylic oxidation sites excluding steroid dienone is 6. The van der Waals surface area contributed by atoms with Crippen molar-refractivity contribution in [1.29, 1.82) is 0 Å². The third-order valence-corrected chi connectivity index (χ3v) is 13.8.